The molecule has 7 aliphatic rings. The van der Waals surface area contributed by atoms with Crippen molar-refractivity contribution in [3.05, 3.63) is 23.4 Å². The van der Waals surface area contributed by atoms with E-state index in [1.165, 1.54) is 19.3 Å². The number of hydrogen-bond acceptors (Lipinski definition) is 7. The Morgan fingerprint density at radius 2 is 1.77 bits per heavy atom. The lowest BCUT2D eigenvalue weighted by atomic mass is 9.31. The Morgan fingerprint density at radius 3 is 2.41 bits per heavy atom. The number of aliphatic hydroxyl groups is 1. The van der Waals surface area contributed by atoms with Crippen LogP contribution in [0.5, 0.6) is 0 Å². The summed E-state index contributed by atoms with van der Waals surface area (Å²) < 4.78 is 6.11. The molecule has 210 valence electrons. The van der Waals surface area contributed by atoms with Crippen molar-refractivity contribution in [3.63, 3.8) is 0 Å². The van der Waals surface area contributed by atoms with Gasteiger partial charge in [0.15, 0.2) is 5.82 Å². The molecule has 2 saturated heterocycles. The number of likely N-dealkylation sites (tertiary alicyclic amines) is 2. The number of aromatic nitrogens is 5. The number of nitrogens with one attached hydrogen (secondary N) is 1. The summed E-state index contributed by atoms with van der Waals surface area (Å²) >= 11 is 0. The summed E-state index contributed by atoms with van der Waals surface area (Å²) in [6.07, 6.45) is 10.2. The minimum atomic E-state index is -0.784. The van der Waals surface area contributed by atoms with Crippen molar-refractivity contribution in [3.8, 4) is 0 Å². The second-order valence-electron chi connectivity index (χ2n) is 15.5. The van der Waals surface area contributed by atoms with Gasteiger partial charge in [0.2, 0.25) is 11.8 Å². The quantitative estimate of drug-likeness (QED) is 0.595. The van der Waals surface area contributed by atoms with Gasteiger partial charge in [0.25, 0.3) is 0 Å². The van der Waals surface area contributed by atoms with E-state index >= 15 is 0 Å². The Bertz CT molecular complexity index is 1280. The van der Waals surface area contributed by atoms with Crippen LogP contribution in [0.25, 0.3) is 0 Å². The monoisotopic (exact) mass is 535 g/mol. The van der Waals surface area contributed by atoms with Gasteiger partial charge in [-0.25, -0.2) is 9.78 Å². The first-order valence-corrected chi connectivity index (χ1v) is 15.0. The molecule has 1 spiro atoms. The van der Waals surface area contributed by atoms with E-state index in [4.69, 9.17) is 4.42 Å². The van der Waals surface area contributed by atoms with Crippen LogP contribution < -0.4 is 0 Å². The third-order valence-corrected chi connectivity index (χ3v) is 11.0. The number of amides is 2. The molecule has 10 heteroatoms. The van der Waals surface area contributed by atoms with Crippen LogP contribution in [-0.4, -0.2) is 72.5 Å². The van der Waals surface area contributed by atoms with E-state index in [0.29, 0.717) is 23.1 Å². The molecule has 0 unspecified atom stereocenters. The summed E-state index contributed by atoms with van der Waals surface area (Å²) in [5.41, 5.74) is 0.186. The van der Waals surface area contributed by atoms with Crippen molar-refractivity contribution < 1.29 is 14.3 Å². The third kappa shape index (κ3) is 3.72. The number of piperidine rings is 1. The summed E-state index contributed by atoms with van der Waals surface area (Å²) in [6.45, 7) is 10.1. The Kier molecular flexibility index (Phi) is 4.75. The van der Waals surface area contributed by atoms with Gasteiger partial charge >= 0.3 is 6.03 Å². The summed E-state index contributed by atoms with van der Waals surface area (Å²) in [5, 5.41) is 26.3. The molecule has 0 radical (unpaired) electrons. The Balaban J connectivity index is 0.792. The molecule has 2 amide bonds. The lowest BCUT2D eigenvalue weighted by Crippen LogP contribution is -2.69. The second kappa shape index (κ2) is 7.62. The molecule has 39 heavy (non-hydrogen) atoms. The lowest BCUT2D eigenvalue weighted by molar-refractivity contribution is -0.200. The zero-order chi connectivity index (χ0) is 26.8. The molecule has 0 aromatic carbocycles. The summed E-state index contributed by atoms with van der Waals surface area (Å²) in [6, 6.07) is 0.228. The molecular weight excluding hydrogens is 494 g/mol. The molecule has 10 nitrogen and oxygen atoms in total. The second-order valence-corrected chi connectivity index (χ2v) is 15.5. The van der Waals surface area contributed by atoms with E-state index in [9.17, 15) is 9.90 Å². The van der Waals surface area contributed by atoms with E-state index in [2.05, 4.69) is 55.9 Å². The lowest BCUT2D eigenvalue weighted by Gasteiger charge is -2.72. The average Bonchev–Trinajstić information content (AvgIpc) is 3.15. The highest BCUT2D eigenvalue weighted by atomic mass is 16.4. The minimum Gasteiger partial charge on any atom is -0.425 e. The van der Waals surface area contributed by atoms with Gasteiger partial charge in [-0.3, -0.25) is 5.10 Å². The Hall–Kier alpha value is -2.49. The highest BCUT2D eigenvalue weighted by Crippen LogP contribution is 2.77. The summed E-state index contributed by atoms with van der Waals surface area (Å²) in [4.78, 5) is 22.0. The molecule has 2 N–H and O–H groups in total. The molecule has 0 atom stereocenters. The average molecular weight is 536 g/mol. The van der Waals surface area contributed by atoms with Crippen molar-refractivity contribution in [2.45, 2.75) is 102 Å². The van der Waals surface area contributed by atoms with E-state index in [1.54, 1.807) is 0 Å². The maximum Gasteiger partial charge on any atom is 0.320 e. The van der Waals surface area contributed by atoms with Gasteiger partial charge in [-0.15, -0.1) is 10.2 Å². The zero-order valence-electron chi connectivity index (χ0n) is 23.5. The molecule has 5 saturated carbocycles. The molecule has 2 aromatic rings. The van der Waals surface area contributed by atoms with Gasteiger partial charge < -0.3 is 19.3 Å². The normalized spacial score (nSPS) is 32.8. The molecule has 7 fully saturated rings. The number of rotatable bonds is 5. The number of carbonyl (C=O) groups excluding carboxylic acids is 1. The summed E-state index contributed by atoms with van der Waals surface area (Å²) in [5.74, 6) is 4.17. The molecule has 4 heterocycles. The van der Waals surface area contributed by atoms with Crippen molar-refractivity contribution in [2.75, 3.05) is 26.2 Å². The number of carbonyl (C=O) groups is 1. The topological polar surface area (TPSA) is 124 Å². The standard InChI is InChI=1S/C29H41N7O3/c1-25(2,3)12-20-31-34-23(39-20)28-13-27(14-28,15-28)19-4-8-35(9-5-19)24(37)36-16-26(17-36)10-18(11-26)21-30-22(33-32-21)29(38)6-7-29/h18-19,38H,4-17H2,1-3H3,(H,30,32,33). The first-order chi connectivity index (χ1) is 18.5. The van der Waals surface area contributed by atoms with Gasteiger partial charge in [0.1, 0.15) is 11.4 Å². The van der Waals surface area contributed by atoms with E-state index in [-0.39, 0.29) is 22.3 Å². The molecule has 2 aliphatic heterocycles. The number of H-pyrrole nitrogens is 1. The smallest absolute Gasteiger partial charge is 0.320 e. The number of urea groups is 1. The predicted octanol–water partition coefficient (Wildman–Crippen LogP) is 3.89. The predicted molar refractivity (Wildman–Crippen MR) is 141 cm³/mol. The van der Waals surface area contributed by atoms with Gasteiger partial charge in [-0.2, -0.15) is 5.10 Å². The third-order valence-electron chi connectivity index (χ3n) is 11.0. The number of aromatic amines is 1. The summed E-state index contributed by atoms with van der Waals surface area (Å²) in [7, 11) is 0. The van der Waals surface area contributed by atoms with Crippen LogP contribution in [0.15, 0.2) is 4.42 Å². The largest absolute Gasteiger partial charge is 0.425 e. The van der Waals surface area contributed by atoms with Gasteiger partial charge in [-0.1, -0.05) is 20.8 Å². The SMILES string of the molecule is CC(C)(C)Cc1nnc(C23CC(C4CCN(C(=O)N5CC6(CC(c7nc(C8(O)CC8)n[nH]7)C6)C5)CC4)(C2)C3)o1. The van der Waals surface area contributed by atoms with Crippen LogP contribution in [0.2, 0.25) is 0 Å². The van der Waals surface area contributed by atoms with Gasteiger partial charge in [0.05, 0.1) is 5.41 Å². The number of nitrogens with zero attached hydrogens (tertiary/aromatic N) is 6. The molecule has 5 aliphatic carbocycles. The molecule has 9 rings (SSSR count). The van der Waals surface area contributed by atoms with E-state index in [1.807, 2.05) is 0 Å². The first-order valence-electron chi connectivity index (χ1n) is 15.0. The first kappa shape index (κ1) is 24.3. The number of hydrogen-bond donors (Lipinski definition) is 2. The van der Waals surface area contributed by atoms with Crippen molar-refractivity contribution in [1.82, 2.24) is 35.2 Å². The molecule has 2 bridgehead atoms. The van der Waals surface area contributed by atoms with E-state index in [0.717, 1.165) is 88.7 Å². The van der Waals surface area contributed by atoms with Crippen LogP contribution in [0, 0.1) is 22.2 Å². The van der Waals surface area contributed by atoms with Gasteiger partial charge in [-0.05, 0) is 74.5 Å². The Labute approximate surface area is 229 Å². The molecular formula is C29H41N7O3. The fraction of sp³-hybridized carbons (Fsp3) is 0.828. The van der Waals surface area contributed by atoms with Crippen molar-refractivity contribution in [1.29, 1.82) is 0 Å². The molecule has 2 aromatic heterocycles. The highest BCUT2D eigenvalue weighted by molar-refractivity contribution is 5.75. The van der Waals surface area contributed by atoms with Crippen LogP contribution in [0.3, 0.4) is 0 Å². The van der Waals surface area contributed by atoms with Crippen LogP contribution in [-0.2, 0) is 17.4 Å². The zero-order valence-corrected chi connectivity index (χ0v) is 23.5. The fourth-order valence-corrected chi connectivity index (χ4v) is 8.75. The Morgan fingerprint density at radius 1 is 1.08 bits per heavy atom. The highest BCUT2D eigenvalue weighted by Gasteiger charge is 2.73. The van der Waals surface area contributed by atoms with Crippen LogP contribution in [0.4, 0.5) is 4.79 Å². The van der Waals surface area contributed by atoms with Crippen molar-refractivity contribution in [2.24, 2.45) is 22.2 Å². The van der Waals surface area contributed by atoms with Gasteiger partial charge in [0, 0.05) is 43.9 Å². The minimum absolute atomic E-state index is 0.132. The van der Waals surface area contributed by atoms with Crippen molar-refractivity contribution >= 4 is 6.03 Å². The maximum atomic E-state index is 13.2. The maximum absolute atomic E-state index is 13.2. The van der Waals surface area contributed by atoms with Crippen LogP contribution in [0.1, 0.15) is 108 Å². The van der Waals surface area contributed by atoms with Crippen LogP contribution >= 0.6 is 0 Å². The fourth-order valence-electron chi connectivity index (χ4n) is 8.75. The van der Waals surface area contributed by atoms with E-state index < -0.39 is 5.60 Å².